The van der Waals surface area contributed by atoms with Gasteiger partial charge in [0.15, 0.2) is 0 Å². The molecule has 4 nitrogen and oxygen atoms in total. The quantitative estimate of drug-likeness (QED) is 0.872. The third kappa shape index (κ3) is 2.93. The molecular formula is C17H17ClN2O2. The fourth-order valence-electron chi connectivity index (χ4n) is 2.45. The number of nitrogens with zero attached hydrogens (tertiary/aromatic N) is 2. The first-order valence-corrected chi connectivity index (χ1v) is 7.47. The van der Waals surface area contributed by atoms with Crippen molar-refractivity contribution >= 4 is 17.2 Å². The Kier molecular flexibility index (Phi) is 4.05. The summed E-state index contributed by atoms with van der Waals surface area (Å²) in [6.45, 7) is 2.58. The van der Waals surface area contributed by atoms with Gasteiger partial charge in [0.1, 0.15) is 6.26 Å². The predicted octanol–water partition coefficient (Wildman–Crippen LogP) is 3.16. The maximum absolute atomic E-state index is 12.1. The summed E-state index contributed by atoms with van der Waals surface area (Å²) in [6, 6.07) is 11.1. The van der Waals surface area contributed by atoms with Crippen LogP contribution in [-0.4, -0.2) is 22.7 Å². The van der Waals surface area contributed by atoms with Gasteiger partial charge in [0, 0.05) is 29.9 Å². The summed E-state index contributed by atoms with van der Waals surface area (Å²) in [5.41, 5.74) is 3.06. The molecule has 1 unspecified atom stereocenters. The summed E-state index contributed by atoms with van der Waals surface area (Å²) in [4.78, 5) is 17.5. The highest BCUT2D eigenvalue weighted by molar-refractivity contribution is 6.30. The first-order valence-electron chi connectivity index (χ1n) is 7.09. The lowest BCUT2D eigenvalue weighted by Crippen LogP contribution is -2.24. The van der Waals surface area contributed by atoms with E-state index in [1.807, 2.05) is 43.6 Å². The molecule has 0 N–H and O–H groups in total. The molecule has 0 saturated heterocycles. The van der Waals surface area contributed by atoms with Crippen LogP contribution in [0.15, 0.2) is 53.7 Å². The predicted molar refractivity (Wildman–Crippen MR) is 87.5 cm³/mol. The van der Waals surface area contributed by atoms with Crippen molar-refractivity contribution in [1.29, 1.82) is 0 Å². The van der Waals surface area contributed by atoms with Gasteiger partial charge in [0.2, 0.25) is 0 Å². The maximum atomic E-state index is 12.1. The zero-order chi connectivity index (χ0) is 15.7. The molecule has 1 aliphatic rings. The number of hydroxylamine groups is 2. The molecule has 1 aliphatic heterocycles. The molecule has 2 heterocycles. The van der Waals surface area contributed by atoms with E-state index >= 15 is 0 Å². The highest BCUT2D eigenvalue weighted by Crippen LogP contribution is 2.26. The molecule has 0 radical (unpaired) electrons. The Balaban J connectivity index is 1.90. The second-order valence-corrected chi connectivity index (χ2v) is 5.85. The zero-order valence-corrected chi connectivity index (χ0v) is 13.2. The lowest BCUT2D eigenvalue weighted by atomic mass is 10.0. The highest BCUT2D eigenvalue weighted by atomic mass is 35.5. The van der Waals surface area contributed by atoms with Crippen LogP contribution < -0.4 is 5.56 Å². The number of rotatable bonds is 3. The van der Waals surface area contributed by atoms with Gasteiger partial charge in [0.25, 0.3) is 5.56 Å². The van der Waals surface area contributed by atoms with Crippen molar-refractivity contribution in [2.75, 3.05) is 7.05 Å². The van der Waals surface area contributed by atoms with E-state index in [1.54, 1.807) is 22.0 Å². The molecule has 0 aliphatic carbocycles. The van der Waals surface area contributed by atoms with E-state index in [0.29, 0.717) is 11.6 Å². The Bertz CT molecular complexity index is 765. The fraction of sp³-hybridized carbons (Fsp3) is 0.235. The van der Waals surface area contributed by atoms with Gasteiger partial charge in [0.05, 0.1) is 12.6 Å². The molecule has 1 aromatic heterocycles. The molecule has 5 heteroatoms. The van der Waals surface area contributed by atoms with Gasteiger partial charge in [-0.05, 0) is 36.2 Å². The van der Waals surface area contributed by atoms with Gasteiger partial charge in [-0.25, -0.2) is 0 Å². The SMILES string of the molecule is CC1C(c2ccc(=O)n(Cc3ccc(Cl)cc3)c2)=CON1C. The fourth-order valence-corrected chi connectivity index (χ4v) is 2.57. The summed E-state index contributed by atoms with van der Waals surface area (Å²) in [5, 5.41) is 2.47. The Morgan fingerprint density at radius 3 is 2.55 bits per heavy atom. The van der Waals surface area contributed by atoms with Gasteiger partial charge < -0.3 is 9.40 Å². The number of benzene rings is 1. The van der Waals surface area contributed by atoms with Crippen LogP contribution in [-0.2, 0) is 11.4 Å². The smallest absolute Gasteiger partial charge is 0.250 e. The average Bonchev–Trinajstić information content (AvgIpc) is 2.84. The maximum Gasteiger partial charge on any atom is 0.250 e. The topological polar surface area (TPSA) is 34.5 Å². The van der Waals surface area contributed by atoms with Crippen molar-refractivity contribution in [3.05, 3.63) is 75.4 Å². The number of aromatic nitrogens is 1. The minimum atomic E-state index is -0.0285. The van der Waals surface area contributed by atoms with E-state index in [4.69, 9.17) is 16.4 Å². The molecule has 1 aromatic carbocycles. The molecule has 114 valence electrons. The van der Waals surface area contributed by atoms with Crippen LogP contribution in [0.1, 0.15) is 18.1 Å². The second kappa shape index (κ2) is 5.99. The number of hydrogen-bond acceptors (Lipinski definition) is 3. The van der Waals surface area contributed by atoms with Gasteiger partial charge in [-0.3, -0.25) is 4.79 Å². The van der Waals surface area contributed by atoms with Gasteiger partial charge in [-0.15, -0.1) is 5.06 Å². The Morgan fingerprint density at radius 1 is 1.18 bits per heavy atom. The number of pyridine rings is 1. The van der Waals surface area contributed by atoms with Gasteiger partial charge in [-0.2, -0.15) is 0 Å². The molecule has 0 saturated carbocycles. The summed E-state index contributed by atoms with van der Waals surface area (Å²) in [5.74, 6) is 0. The third-order valence-electron chi connectivity index (χ3n) is 3.92. The van der Waals surface area contributed by atoms with Crippen molar-refractivity contribution in [3.63, 3.8) is 0 Å². The molecule has 1 atom stereocenters. The summed E-state index contributed by atoms with van der Waals surface area (Å²) in [6.07, 6.45) is 3.61. The normalized spacial score (nSPS) is 18.1. The first-order chi connectivity index (χ1) is 10.5. The Labute approximate surface area is 134 Å². The molecule has 22 heavy (non-hydrogen) atoms. The monoisotopic (exact) mass is 316 g/mol. The van der Waals surface area contributed by atoms with Crippen LogP contribution in [0.25, 0.3) is 5.57 Å². The first kappa shape index (κ1) is 14.9. The molecule has 0 fully saturated rings. The number of halogens is 1. The van der Waals surface area contributed by atoms with E-state index in [-0.39, 0.29) is 11.6 Å². The van der Waals surface area contributed by atoms with Gasteiger partial charge in [-0.1, -0.05) is 23.7 Å². The van der Waals surface area contributed by atoms with Crippen LogP contribution in [0.3, 0.4) is 0 Å². The van der Waals surface area contributed by atoms with E-state index in [1.165, 1.54) is 0 Å². The number of hydrogen-bond donors (Lipinski definition) is 0. The molecule has 0 bridgehead atoms. The van der Waals surface area contributed by atoms with Crippen molar-refractivity contribution in [3.8, 4) is 0 Å². The van der Waals surface area contributed by atoms with Gasteiger partial charge >= 0.3 is 0 Å². The Morgan fingerprint density at radius 2 is 1.91 bits per heavy atom. The second-order valence-electron chi connectivity index (χ2n) is 5.41. The minimum absolute atomic E-state index is 0.0285. The molecule has 0 amide bonds. The van der Waals surface area contributed by atoms with Crippen molar-refractivity contribution in [2.45, 2.75) is 19.5 Å². The van der Waals surface area contributed by atoms with Crippen LogP contribution in [0, 0.1) is 0 Å². The highest BCUT2D eigenvalue weighted by Gasteiger charge is 2.23. The summed E-state index contributed by atoms with van der Waals surface area (Å²) in [7, 11) is 1.89. The van der Waals surface area contributed by atoms with Crippen molar-refractivity contribution < 1.29 is 4.84 Å². The standard InChI is InChI=1S/C17H17ClN2O2/c1-12-16(11-22-19(12)2)14-5-8-17(21)20(10-14)9-13-3-6-15(18)7-4-13/h3-8,10-12H,9H2,1-2H3. The summed E-state index contributed by atoms with van der Waals surface area (Å²) >= 11 is 5.89. The van der Waals surface area contributed by atoms with Crippen molar-refractivity contribution in [1.82, 2.24) is 9.63 Å². The average molecular weight is 317 g/mol. The third-order valence-corrected chi connectivity index (χ3v) is 4.18. The summed E-state index contributed by atoms with van der Waals surface area (Å²) < 4.78 is 1.70. The molecule has 0 spiro atoms. The zero-order valence-electron chi connectivity index (χ0n) is 12.5. The van der Waals surface area contributed by atoms with Crippen molar-refractivity contribution in [2.24, 2.45) is 0 Å². The lowest BCUT2D eigenvalue weighted by molar-refractivity contribution is -0.0736. The molecule has 3 rings (SSSR count). The Hall–Kier alpha value is -2.04. The van der Waals surface area contributed by atoms with E-state index < -0.39 is 0 Å². The van der Waals surface area contributed by atoms with E-state index in [9.17, 15) is 4.79 Å². The van der Waals surface area contributed by atoms with Crippen LogP contribution in [0.2, 0.25) is 5.02 Å². The minimum Gasteiger partial charge on any atom is -0.413 e. The molecular weight excluding hydrogens is 300 g/mol. The van der Waals surface area contributed by atoms with Crippen LogP contribution in [0.5, 0.6) is 0 Å². The largest absolute Gasteiger partial charge is 0.413 e. The lowest BCUT2D eigenvalue weighted by Gasteiger charge is -2.16. The van der Waals surface area contributed by atoms with E-state index in [2.05, 4.69) is 6.92 Å². The van der Waals surface area contributed by atoms with E-state index in [0.717, 1.165) is 16.7 Å². The number of likely N-dealkylation sites (N-methyl/N-ethyl adjacent to an activating group) is 1. The van der Waals surface area contributed by atoms with Crippen LogP contribution >= 0.6 is 11.6 Å². The van der Waals surface area contributed by atoms with Crippen LogP contribution in [0.4, 0.5) is 0 Å². The molecule has 2 aromatic rings.